The Hall–Kier alpha value is -2.98. The van der Waals surface area contributed by atoms with E-state index in [1.165, 1.54) is 12.1 Å². The van der Waals surface area contributed by atoms with E-state index in [4.69, 9.17) is 0 Å². The summed E-state index contributed by atoms with van der Waals surface area (Å²) in [5.41, 5.74) is 3.77. The van der Waals surface area contributed by atoms with Crippen molar-refractivity contribution in [1.29, 1.82) is 0 Å². The van der Waals surface area contributed by atoms with E-state index in [2.05, 4.69) is 5.32 Å². The van der Waals surface area contributed by atoms with Crippen LogP contribution in [0.1, 0.15) is 22.0 Å². The second kappa shape index (κ2) is 8.60. The zero-order chi connectivity index (χ0) is 19.2. The highest BCUT2D eigenvalue weighted by molar-refractivity contribution is 5.94. The third-order valence-corrected chi connectivity index (χ3v) is 4.59. The second-order valence-corrected chi connectivity index (χ2v) is 6.68. The second-order valence-electron chi connectivity index (χ2n) is 6.68. The Morgan fingerprint density at radius 3 is 2.07 bits per heavy atom. The van der Waals surface area contributed by atoms with E-state index in [9.17, 15) is 9.18 Å². The first-order valence-electron chi connectivity index (χ1n) is 8.90. The van der Waals surface area contributed by atoms with Crippen molar-refractivity contribution >= 4 is 5.91 Å². The van der Waals surface area contributed by atoms with Gasteiger partial charge in [0.25, 0.3) is 5.91 Å². The number of nitrogens with one attached hydrogen (secondary N) is 1. The SMILES string of the molecule is CN(C)[C@@H](CNC(=O)c1ccc(-c2ccccc2)cc1)c1ccc(F)cc1. The number of rotatable bonds is 6. The van der Waals surface area contributed by atoms with Crippen molar-refractivity contribution in [3.8, 4) is 11.1 Å². The average molecular weight is 362 g/mol. The van der Waals surface area contributed by atoms with Gasteiger partial charge in [-0.3, -0.25) is 4.79 Å². The molecule has 1 N–H and O–H groups in total. The van der Waals surface area contributed by atoms with Gasteiger partial charge in [-0.25, -0.2) is 4.39 Å². The molecule has 0 aliphatic rings. The third kappa shape index (κ3) is 4.80. The molecular formula is C23H23FN2O. The Balaban J connectivity index is 1.66. The van der Waals surface area contributed by atoms with Crippen LogP contribution >= 0.6 is 0 Å². The summed E-state index contributed by atoms with van der Waals surface area (Å²) in [6.07, 6.45) is 0. The molecule has 0 spiro atoms. The first-order chi connectivity index (χ1) is 13.0. The molecule has 0 fully saturated rings. The molecule has 0 radical (unpaired) electrons. The maximum Gasteiger partial charge on any atom is 0.251 e. The average Bonchev–Trinajstić information content (AvgIpc) is 2.70. The highest BCUT2D eigenvalue weighted by Crippen LogP contribution is 2.20. The van der Waals surface area contributed by atoms with E-state index in [-0.39, 0.29) is 17.8 Å². The molecule has 0 saturated carbocycles. The standard InChI is InChI=1S/C23H23FN2O/c1-26(2)22(19-12-14-21(24)15-13-19)16-25-23(27)20-10-8-18(9-11-20)17-6-4-3-5-7-17/h3-15,22H,16H2,1-2H3,(H,25,27)/t22-/m0/s1. The van der Waals surface area contributed by atoms with Crippen LogP contribution in [0.25, 0.3) is 11.1 Å². The Morgan fingerprint density at radius 2 is 1.48 bits per heavy atom. The molecule has 0 aromatic heterocycles. The van der Waals surface area contributed by atoms with Crippen LogP contribution in [0.4, 0.5) is 4.39 Å². The number of hydrogen-bond donors (Lipinski definition) is 1. The minimum atomic E-state index is -0.265. The van der Waals surface area contributed by atoms with Gasteiger partial charge in [-0.2, -0.15) is 0 Å². The van der Waals surface area contributed by atoms with E-state index in [1.807, 2.05) is 73.6 Å². The van der Waals surface area contributed by atoms with Crippen molar-refractivity contribution in [3.63, 3.8) is 0 Å². The topological polar surface area (TPSA) is 32.3 Å². The van der Waals surface area contributed by atoms with Gasteiger partial charge in [0.05, 0.1) is 6.04 Å². The largest absolute Gasteiger partial charge is 0.350 e. The fourth-order valence-electron chi connectivity index (χ4n) is 3.02. The summed E-state index contributed by atoms with van der Waals surface area (Å²) in [5, 5.41) is 2.98. The molecule has 1 atom stereocenters. The fourth-order valence-corrected chi connectivity index (χ4v) is 3.02. The number of hydrogen-bond acceptors (Lipinski definition) is 2. The molecule has 3 aromatic carbocycles. The third-order valence-electron chi connectivity index (χ3n) is 4.59. The Labute approximate surface area is 159 Å². The van der Waals surface area contributed by atoms with Gasteiger partial charge in [-0.1, -0.05) is 54.6 Å². The number of carbonyl (C=O) groups is 1. The monoisotopic (exact) mass is 362 g/mol. The molecule has 138 valence electrons. The van der Waals surface area contributed by atoms with Gasteiger partial charge in [0, 0.05) is 12.1 Å². The normalized spacial score (nSPS) is 12.0. The van der Waals surface area contributed by atoms with Gasteiger partial charge in [0.1, 0.15) is 5.82 Å². The Bertz CT molecular complexity index is 875. The van der Waals surface area contributed by atoms with E-state index < -0.39 is 0 Å². The van der Waals surface area contributed by atoms with Crippen molar-refractivity contribution in [3.05, 3.63) is 95.8 Å². The van der Waals surface area contributed by atoms with Crippen LogP contribution in [0, 0.1) is 5.82 Å². The van der Waals surface area contributed by atoms with Crippen molar-refractivity contribution in [2.24, 2.45) is 0 Å². The van der Waals surface area contributed by atoms with Crippen molar-refractivity contribution in [2.45, 2.75) is 6.04 Å². The van der Waals surface area contributed by atoms with Crippen LogP contribution in [0.3, 0.4) is 0 Å². The number of benzene rings is 3. The lowest BCUT2D eigenvalue weighted by Crippen LogP contribution is -2.34. The van der Waals surface area contributed by atoms with Gasteiger partial charge < -0.3 is 10.2 Å². The lowest BCUT2D eigenvalue weighted by molar-refractivity contribution is 0.0942. The number of nitrogens with zero attached hydrogens (tertiary/aromatic N) is 1. The summed E-state index contributed by atoms with van der Waals surface area (Å²) in [4.78, 5) is 14.5. The van der Waals surface area contributed by atoms with Crippen LogP contribution in [-0.2, 0) is 0 Å². The highest BCUT2D eigenvalue weighted by Gasteiger charge is 2.16. The van der Waals surface area contributed by atoms with Crippen molar-refractivity contribution < 1.29 is 9.18 Å². The summed E-state index contributed by atoms with van der Waals surface area (Å²) in [6.45, 7) is 0.442. The first kappa shape index (κ1) is 18.8. The van der Waals surface area contributed by atoms with Crippen LogP contribution in [0.5, 0.6) is 0 Å². The summed E-state index contributed by atoms with van der Waals surface area (Å²) in [7, 11) is 3.88. The maximum absolute atomic E-state index is 13.2. The zero-order valence-corrected chi connectivity index (χ0v) is 15.5. The van der Waals surface area contributed by atoms with Crippen molar-refractivity contribution in [1.82, 2.24) is 10.2 Å². The van der Waals surface area contributed by atoms with Crippen LogP contribution in [-0.4, -0.2) is 31.4 Å². The minimum absolute atomic E-state index is 0.0295. The quantitative estimate of drug-likeness (QED) is 0.699. The van der Waals surface area contributed by atoms with Crippen LogP contribution in [0.15, 0.2) is 78.9 Å². The molecule has 0 aliphatic carbocycles. The van der Waals surface area contributed by atoms with Crippen LogP contribution in [0.2, 0.25) is 0 Å². The Morgan fingerprint density at radius 1 is 0.889 bits per heavy atom. The number of amides is 1. The van der Waals surface area contributed by atoms with Gasteiger partial charge in [0.2, 0.25) is 0 Å². The van der Waals surface area contributed by atoms with Crippen LogP contribution < -0.4 is 5.32 Å². The summed E-state index contributed by atoms with van der Waals surface area (Å²) in [5.74, 6) is -0.387. The van der Waals surface area contributed by atoms with E-state index >= 15 is 0 Å². The molecule has 0 heterocycles. The molecular weight excluding hydrogens is 339 g/mol. The zero-order valence-electron chi connectivity index (χ0n) is 15.5. The van der Waals surface area contributed by atoms with E-state index in [0.717, 1.165) is 16.7 Å². The predicted octanol–water partition coefficient (Wildman–Crippen LogP) is 4.53. The molecule has 4 heteroatoms. The lowest BCUT2D eigenvalue weighted by Gasteiger charge is -2.25. The molecule has 3 nitrogen and oxygen atoms in total. The molecule has 3 rings (SSSR count). The van der Waals surface area contributed by atoms with Gasteiger partial charge in [-0.15, -0.1) is 0 Å². The maximum atomic E-state index is 13.2. The fraction of sp³-hybridized carbons (Fsp3) is 0.174. The molecule has 0 bridgehead atoms. The number of halogens is 1. The summed E-state index contributed by atoms with van der Waals surface area (Å²) < 4.78 is 13.2. The summed E-state index contributed by atoms with van der Waals surface area (Å²) in [6, 6.07) is 24.0. The number of likely N-dealkylation sites (N-methyl/N-ethyl adjacent to an activating group) is 1. The van der Waals surface area contributed by atoms with E-state index in [1.54, 1.807) is 12.1 Å². The molecule has 3 aromatic rings. The molecule has 27 heavy (non-hydrogen) atoms. The molecule has 0 aliphatic heterocycles. The van der Waals surface area contributed by atoms with Crippen molar-refractivity contribution in [2.75, 3.05) is 20.6 Å². The smallest absolute Gasteiger partial charge is 0.251 e. The lowest BCUT2D eigenvalue weighted by atomic mass is 10.0. The van der Waals surface area contributed by atoms with Gasteiger partial charge in [-0.05, 0) is 55.1 Å². The summed E-state index contributed by atoms with van der Waals surface area (Å²) >= 11 is 0. The van der Waals surface area contributed by atoms with Gasteiger partial charge in [0.15, 0.2) is 0 Å². The van der Waals surface area contributed by atoms with E-state index in [0.29, 0.717) is 12.1 Å². The molecule has 1 amide bonds. The Kier molecular flexibility index (Phi) is 5.99. The first-order valence-corrected chi connectivity index (χ1v) is 8.90. The number of carbonyl (C=O) groups excluding carboxylic acids is 1. The predicted molar refractivity (Wildman–Crippen MR) is 107 cm³/mol. The molecule has 0 unspecified atom stereocenters. The minimum Gasteiger partial charge on any atom is -0.350 e. The highest BCUT2D eigenvalue weighted by atomic mass is 19.1. The van der Waals surface area contributed by atoms with Gasteiger partial charge >= 0.3 is 0 Å². The molecule has 0 saturated heterocycles.